The van der Waals surface area contributed by atoms with E-state index in [-0.39, 0.29) is 17.9 Å². The third kappa shape index (κ3) is 9.01. The van der Waals surface area contributed by atoms with Crippen LogP contribution in [-0.2, 0) is 14.3 Å². The number of carbonyl (C=O) groups is 2. The largest absolute Gasteiger partial charge is 0.393 e. The Bertz CT molecular complexity index is 347. The van der Waals surface area contributed by atoms with E-state index in [1.54, 1.807) is 0 Å². The summed E-state index contributed by atoms with van der Waals surface area (Å²) in [6.07, 6.45) is 19.4. The number of ether oxygens (including phenoxy) is 1. The van der Waals surface area contributed by atoms with Crippen molar-refractivity contribution < 1.29 is 14.3 Å². The summed E-state index contributed by atoms with van der Waals surface area (Å²) in [5.41, 5.74) is 0. The smallest absolute Gasteiger partial charge is 0.320 e. The van der Waals surface area contributed by atoms with Crippen molar-refractivity contribution in [3.63, 3.8) is 0 Å². The zero-order valence-electron chi connectivity index (χ0n) is 14.1. The minimum absolute atomic E-state index is 0.208. The van der Waals surface area contributed by atoms with Crippen LogP contribution in [0.15, 0.2) is 12.2 Å². The quantitative estimate of drug-likeness (QED) is 0.212. The molecule has 1 rings (SSSR count). The third-order valence-corrected chi connectivity index (χ3v) is 4.27. The molecule has 0 aromatic heterocycles. The molecule has 0 aliphatic carbocycles. The molecule has 0 amide bonds. The normalized spacial score (nSPS) is 18.9. The van der Waals surface area contributed by atoms with Gasteiger partial charge >= 0.3 is 11.9 Å². The summed E-state index contributed by atoms with van der Waals surface area (Å²) in [4.78, 5) is 22.4. The van der Waals surface area contributed by atoms with Crippen LogP contribution in [0.5, 0.6) is 0 Å². The van der Waals surface area contributed by atoms with Gasteiger partial charge in [0.1, 0.15) is 0 Å². The Labute approximate surface area is 135 Å². The second-order valence-electron chi connectivity index (χ2n) is 6.34. The van der Waals surface area contributed by atoms with Gasteiger partial charge in [0.15, 0.2) is 0 Å². The zero-order valence-corrected chi connectivity index (χ0v) is 14.1. The number of hydrogen-bond acceptors (Lipinski definition) is 3. The lowest BCUT2D eigenvalue weighted by Gasteiger charge is -2.15. The Morgan fingerprint density at radius 3 is 2.14 bits per heavy atom. The van der Waals surface area contributed by atoms with Gasteiger partial charge in [0, 0.05) is 6.42 Å². The average molecular weight is 308 g/mol. The second-order valence-corrected chi connectivity index (χ2v) is 6.34. The molecule has 3 nitrogen and oxygen atoms in total. The SMILES string of the molecule is CCCCCCCCCCCCC=CC1CCC(=O)OC1=O. The molecular weight excluding hydrogens is 276 g/mol. The molecule has 1 saturated heterocycles. The third-order valence-electron chi connectivity index (χ3n) is 4.27. The fraction of sp³-hybridized carbons (Fsp3) is 0.789. The molecule has 0 saturated carbocycles. The highest BCUT2D eigenvalue weighted by Crippen LogP contribution is 2.18. The minimum Gasteiger partial charge on any atom is -0.393 e. The molecule has 0 N–H and O–H groups in total. The van der Waals surface area contributed by atoms with Crippen LogP contribution in [0, 0.1) is 5.92 Å². The number of carbonyl (C=O) groups excluding carboxylic acids is 2. The number of hydrogen-bond donors (Lipinski definition) is 0. The molecule has 1 heterocycles. The molecule has 1 aliphatic heterocycles. The lowest BCUT2D eigenvalue weighted by atomic mass is 10.00. The van der Waals surface area contributed by atoms with Gasteiger partial charge in [-0.25, -0.2) is 0 Å². The topological polar surface area (TPSA) is 43.4 Å². The van der Waals surface area contributed by atoms with E-state index in [0.29, 0.717) is 12.8 Å². The molecule has 0 aromatic rings. The summed E-state index contributed by atoms with van der Waals surface area (Å²) >= 11 is 0. The second kappa shape index (κ2) is 12.4. The Balaban J connectivity index is 1.90. The Morgan fingerprint density at radius 2 is 1.55 bits per heavy atom. The van der Waals surface area contributed by atoms with E-state index >= 15 is 0 Å². The van der Waals surface area contributed by atoms with E-state index in [1.165, 1.54) is 64.2 Å². The van der Waals surface area contributed by atoms with Crippen LogP contribution >= 0.6 is 0 Å². The van der Waals surface area contributed by atoms with E-state index in [2.05, 4.69) is 17.7 Å². The number of unbranched alkanes of at least 4 members (excludes halogenated alkanes) is 10. The maximum Gasteiger partial charge on any atom is 0.320 e. The van der Waals surface area contributed by atoms with E-state index in [1.807, 2.05) is 6.08 Å². The lowest BCUT2D eigenvalue weighted by Crippen LogP contribution is -2.26. The Morgan fingerprint density at radius 1 is 0.955 bits per heavy atom. The van der Waals surface area contributed by atoms with Gasteiger partial charge in [-0.1, -0.05) is 76.9 Å². The van der Waals surface area contributed by atoms with Crippen molar-refractivity contribution >= 4 is 11.9 Å². The van der Waals surface area contributed by atoms with Gasteiger partial charge in [-0.15, -0.1) is 0 Å². The summed E-state index contributed by atoms with van der Waals surface area (Å²) in [5, 5.41) is 0. The first-order valence-electron chi connectivity index (χ1n) is 9.15. The van der Waals surface area contributed by atoms with Crippen LogP contribution in [0.3, 0.4) is 0 Å². The first-order valence-corrected chi connectivity index (χ1v) is 9.15. The fourth-order valence-corrected chi connectivity index (χ4v) is 2.82. The number of cyclic esters (lactones) is 2. The summed E-state index contributed by atoms with van der Waals surface area (Å²) in [5.74, 6) is -0.972. The molecule has 3 heteroatoms. The maximum atomic E-state index is 11.4. The van der Waals surface area contributed by atoms with Crippen molar-refractivity contribution in [2.75, 3.05) is 0 Å². The van der Waals surface area contributed by atoms with Crippen molar-refractivity contribution in [2.24, 2.45) is 5.92 Å². The highest BCUT2D eigenvalue weighted by atomic mass is 16.6. The van der Waals surface area contributed by atoms with E-state index in [9.17, 15) is 9.59 Å². The van der Waals surface area contributed by atoms with Crippen molar-refractivity contribution in [1.82, 2.24) is 0 Å². The van der Waals surface area contributed by atoms with Crippen LogP contribution in [0.4, 0.5) is 0 Å². The van der Waals surface area contributed by atoms with E-state index in [0.717, 1.165) is 6.42 Å². The number of rotatable bonds is 12. The molecule has 1 aliphatic rings. The lowest BCUT2D eigenvalue weighted by molar-refractivity contribution is -0.165. The first kappa shape index (κ1) is 18.9. The number of allylic oxidation sites excluding steroid dienone is 1. The maximum absolute atomic E-state index is 11.4. The zero-order chi connectivity index (χ0) is 16.0. The minimum atomic E-state index is -0.385. The molecule has 0 aromatic carbocycles. The molecule has 1 atom stereocenters. The van der Waals surface area contributed by atoms with Crippen LogP contribution in [0.1, 0.15) is 90.4 Å². The fourth-order valence-electron chi connectivity index (χ4n) is 2.82. The molecule has 0 spiro atoms. The molecule has 1 fully saturated rings. The van der Waals surface area contributed by atoms with Crippen molar-refractivity contribution in [2.45, 2.75) is 90.4 Å². The molecular formula is C19H32O3. The van der Waals surface area contributed by atoms with Crippen molar-refractivity contribution in [1.29, 1.82) is 0 Å². The summed E-state index contributed by atoms with van der Waals surface area (Å²) in [6, 6.07) is 0. The van der Waals surface area contributed by atoms with Crippen LogP contribution in [0.25, 0.3) is 0 Å². The molecule has 0 radical (unpaired) electrons. The van der Waals surface area contributed by atoms with E-state index < -0.39 is 0 Å². The first-order chi connectivity index (χ1) is 10.7. The Kier molecular flexibility index (Phi) is 10.7. The standard InChI is InChI=1S/C19H32O3/c1-2-3-4-5-6-7-8-9-10-11-12-13-14-17-15-16-18(20)22-19(17)21/h13-14,17H,2-12,15-16H2,1H3. The predicted molar refractivity (Wildman–Crippen MR) is 89.4 cm³/mol. The average Bonchev–Trinajstić information content (AvgIpc) is 2.50. The van der Waals surface area contributed by atoms with E-state index in [4.69, 9.17) is 0 Å². The van der Waals surface area contributed by atoms with Crippen molar-refractivity contribution in [3.05, 3.63) is 12.2 Å². The van der Waals surface area contributed by atoms with Crippen LogP contribution in [-0.4, -0.2) is 11.9 Å². The van der Waals surface area contributed by atoms with Gasteiger partial charge in [0.05, 0.1) is 5.92 Å². The predicted octanol–water partition coefficient (Wildman–Crippen LogP) is 5.33. The van der Waals surface area contributed by atoms with Gasteiger partial charge in [0.2, 0.25) is 0 Å². The van der Waals surface area contributed by atoms with Gasteiger partial charge in [-0.2, -0.15) is 0 Å². The Hall–Kier alpha value is -1.12. The van der Waals surface area contributed by atoms with Gasteiger partial charge in [0.25, 0.3) is 0 Å². The summed E-state index contributed by atoms with van der Waals surface area (Å²) in [6.45, 7) is 2.26. The number of esters is 2. The summed E-state index contributed by atoms with van der Waals surface area (Å²) < 4.78 is 4.63. The van der Waals surface area contributed by atoms with Gasteiger partial charge < -0.3 is 4.74 Å². The molecule has 126 valence electrons. The van der Waals surface area contributed by atoms with Crippen LogP contribution < -0.4 is 0 Å². The van der Waals surface area contributed by atoms with Gasteiger partial charge in [-0.05, 0) is 19.3 Å². The molecule has 0 bridgehead atoms. The molecule has 22 heavy (non-hydrogen) atoms. The summed E-state index contributed by atoms with van der Waals surface area (Å²) in [7, 11) is 0. The highest BCUT2D eigenvalue weighted by molar-refractivity contribution is 5.90. The van der Waals surface area contributed by atoms with Crippen LogP contribution in [0.2, 0.25) is 0 Å². The van der Waals surface area contributed by atoms with Crippen molar-refractivity contribution in [3.8, 4) is 0 Å². The van der Waals surface area contributed by atoms with Gasteiger partial charge in [-0.3, -0.25) is 9.59 Å². The highest BCUT2D eigenvalue weighted by Gasteiger charge is 2.26. The molecule has 1 unspecified atom stereocenters. The monoisotopic (exact) mass is 308 g/mol.